The molecule has 0 aliphatic heterocycles. The van der Waals surface area contributed by atoms with Gasteiger partial charge in [-0.3, -0.25) is 4.98 Å². The van der Waals surface area contributed by atoms with Crippen LogP contribution in [0.3, 0.4) is 0 Å². The highest BCUT2D eigenvalue weighted by Crippen LogP contribution is 2.15. The maximum absolute atomic E-state index is 5.60. The molecule has 1 aromatic rings. The van der Waals surface area contributed by atoms with E-state index in [0.29, 0.717) is 11.8 Å². The minimum atomic E-state index is 0.420. The molecule has 0 atom stereocenters. The number of hydrogen-bond donors (Lipinski definition) is 0. The Morgan fingerprint density at radius 3 is 2.00 bits per heavy atom. The van der Waals surface area contributed by atoms with Crippen LogP contribution < -0.4 is 0 Å². The molecule has 0 fully saturated rings. The van der Waals surface area contributed by atoms with Crippen LogP contribution in [0, 0.1) is 0 Å². The second kappa shape index (κ2) is 4.29. The van der Waals surface area contributed by atoms with Crippen LogP contribution in [0.4, 0.5) is 0 Å². The topological polar surface area (TPSA) is 12.9 Å². The predicted molar refractivity (Wildman–Crippen MR) is 51.1 cm³/mol. The number of pyridine rings is 1. The fourth-order valence-corrected chi connectivity index (χ4v) is 1.55. The van der Waals surface area contributed by atoms with Gasteiger partial charge in [0.25, 0.3) is 0 Å². The van der Waals surface area contributed by atoms with Crippen molar-refractivity contribution in [2.45, 2.75) is 11.8 Å². The minimum Gasteiger partial charge on any atom is -0.255 e. The molecule has 0 spiro atoms. The number of aromatic nitrogens is 1. The smallest absolute Gasteiger partial charge is 0.0647 e. The summed E-state index contributed by atoms with van der Waals surface area (Å²) >= 11 is 14.5. The molecule has 0 amide bonds. The van der Waals surface area contributed by atoms with E-state index in [1.807, 2.05) is 12.1 Å². The molecule has 0 radical (unpaired) electrons. The van der Waals surface area contributed by atoms with Gasteiger partial charge in [-0.2, -0.15) is 0 Å². The van der Waals surface area contributed by atoms with Gasteiger partial charge < -0.3 is 0 Å². The Balaban J connectivity index is 3.02. The SMILES string of the molecule is ClCc1cc(Br)cc(CCl)n1. The van der Waals surface area contributed by atoms with Crippen LogP contribution in [0.2, 0.25) is 0 Å². The fourth-order valence-electron chi connectivity index (χ4n) is 0.746. The van der Waals surface area contributed by atoms with E-state index >= 15 is 0 Å². The van der Waals surface area contributed by atoms with Crippen LogP contribution >= 0.6 is 39.1 Å². The Kier molecular flexibility index (Phi) is 3.63. The lowest BCUT2D eigenvalue weighted by Gasteiger charge is -1.99. The molecule has 0 aliphatic carbocycles. The zero-order chi connectivity index (χ0) is 8.27. The second-order valence-electron chi connectivity index (χ2n) is 2.04. The molecule has 0 unspecified atom stereocenters. The molecule has 0 aliphatic rings. The van der Waals surface area contributed by atoms with E-state index in [4.69, 9.17) is 23.2 Å². The van der Waals surface area contributed by atoms with Crippen LogP contribution in [0.25, 0.3) is 0 Å². The lowest BCUT2D eigenvalue weighted by Crippen LogP contribution is -1.90. The van der Waals surface area contributed by atoms with Crippen LogP contribution in [0.5, 0.6) is 0 Å². The second-order valence-corrected chi connectivity index (χ2v) is 3.49. The van der Waals surface area contributed by atoms with Crippen molar-refractivity contribution in [2.24, 2.45) is 0 Å². The van der Waals surface area contributed by atoms with Crippen LogP contribution in [0.15, 0.2) is 16.6 Å². The molecule has 1 aromatic heterocycles. The summed E-state index contributed by atoms with van der Waals surface area (Å²) in [6.45, 7) is 0. The van der Waals surface area contributed by atoms with Gasteiger partial charge in [0.1, 0.15) is 0 Å². The molecule has 0 saturated carbocycles. The van der Waals surface area contributed by atoms with Gasteiger partial charge in [-0.1, -0.05) is 15.9 Å². The third-order valence-electron chi connectivity index (χ3n) is 1.17. The summed E-state index contributed by atoms with van der Waals surface area (Å²) in [6.07, 6.45) is 0. The normalized spacial score (nSPS) is 10.1. The summed E-state index contributed by atoms with van der Waals surface area (Å²) < 4.78 is 0.971. The first-order valence-electron chi connectivity index (χ1n) is 3.03. The van der Waals surface area contributed by atoms with Gasteiger partial charge in [0.05, 0.1) is 23.1 Å². The molecule has 1 rings (SSSR count). The Morgan fingerprint density at radius 2 is 1.64 bits per heavy atom. The van der Waals surface area contributed by atoms with Crippen LogP contribution in [0.1, 0.15) is 11.4 Å². The summed E-state index contributed by atoms with van der Waals surface area (Å²) in [5.74, 6) is 0.840. The molecule has 0 aromatic carbocycles. The Hall–Kier alpha value is 0.210. The van der Waals surface area contributed by atoms with Crippen molar-refractivity contribution in [1.82, 2.24) is 4.98 Å². The van der Waals surface area contributed by atoms with Gasteiger partial charge in [0.15, 0.2) is 0 Å². The summed E-state index contributed by atoms with van der Waals surface area (Å²) in [5.41, 5.74) is 1.69. The fraction of sp³-hybridized carbons (Fsp3) is 0.286. The third-order valence-corrected chi connectivity index (χ3v) is 2.18. The van der Waals surface area contributed by atoms with E-state index in [1.54, 1.807) is 0 Å². The lowest BCUT2D eigenvalue weighted by molar-refractivity contribution is 1.08. The Bertz CT molecular complexity index is 230. The molecule has 60 valence electrons. The van der Waals surface area contributed by atoms with Gasteiger partial charge in [-0.25, -0.2) is 0 Å². The molecule has 0 N–H and O–H groups in total. The lowest BCUT2D eigenvalue weighted by atomic mass is 10.3. The van der Waals surface area contributed by atoms with E-state index in [2.05, 4.69) is 20.9 Å². The van der Waals surface area contributed by atoms with Gasteiger partial charge in [0, 0.05) is 4.47 Å². The van der Waals surface area contributed by atoms with Gasteiger partial charge >= 0.3 is 0 Å². The van der Waals surface area contributed by atoms with Gasteiger partial charge in [-0.15, -0.1) is 23.2 Å². The zero-order valence-corrected chi connectivity index (χ0v) is 8.75. The highest BCUT2D eigenvalue weighted by atomic mass is 79.9. The van der Waals surface area contributed by atoms with Gasteiger partial charge in [-0.05, 0) is 12.1 Å². The van der Waals surface area contributed by atoms with Crippen molar-refractivity contribution < 1.29 is 0 Å². The molecule has 0 saturated heterocycles. The highest BCUT2D eigenvalue weighted by Gasteiger charge is 1.98. The Labute approximate surface area is 83.9 Å². The molecular weight excluding hydrogens is 249 g/mol. The number of halogens is 3. The predicted octanol–water partition coefficient (Wildman–Crippen LogP) is 3.32. The Morgan fingerprint density at radius 1 is 1.18 bits per heavy atom. The van der Waals surface area contributed by atoms with E-state index in [1.165, 1.54) is 0 Å². The van der Waals surface area contributed by atoms with Crippen molar-refractivity contribution in [3.63, 3.8) is 0 Å². The van der Waals surface area contributed by atoms with E-state index < -0.39 is 0 Å². The minimum absolute atomic E-state index is 0.420. The maximum atomic E-state index is 5.60. The first-order valence-corrected chi connectivity index (χ1v) is 4.89. The van der Waals surface area contributed by atoms with Crippen LogP contribution in [-0.4, -0.2) is 4.98 Å². The molecule has 1 nitrogen and oxygen atoms in total. The number of hydrogen-bond acceptors (Lipinski definition) is 1. The molecule has 1 heterocycles. The highest BCUT2D eigenvalue weighted by molar-refractivity contribution is 9.10. The molecule has 4 heteroatoms. The third kappa shape index (κ3) is 2.62. The standard InChI is InChI=1S/C7H6BrCl2N/c8-5-1-6(3-9)11-7(2-5)4-10/h1-2H,3-4H2. The van der Waals surface area contributed by atoms with E-state index in [0.717, 1.165) is 15.9 Å². The van der Waals surface area contributed by atoms with E-state index in [-0.39, 0.29) is 0 Å². The largest absolute Gasteiger partial charge is 0.255 e. The quantitative estimate of drug-likeness (QED) is 0.738. The van der Waals surface area contributed by atoms with Crippen molar-refractivity contribution >= 4 is 39.1 Å². The van der Waals surface area contributed by atoms with Crippen molar-refractivity contribution in [3.8, 4) is 0 Å². The van der Waals surface area contributed by atoms with Crippen LogP contribution in [-0.2, 0) is 11.8 Å². The van der Waals surface area contributed by atoms with Gasteiger partial charge in [0.2, 0.25) is 0 Å². The summed E-state index contributed by atoms with van der Waals surface area (Å²) in [4.78, 5) is 4.18. The van der Waals surface area contributed by atoms with Crippen molar-refractivity contribution in [2.75, 3.05) is 0 Å². The number of alkyl halides is 2. The summed E-state index contributed by atoms with van der Waals surface area (Å²) in [6, 6.07) is 3.76. The first kappa shape index (κ1) is 9.30. The molecular formula is C7H6BrCl2N. The van der Waals surface area contributed by atoms with E-state index in [9.17, 15) is 0 Å². The molecule has 0 bridgehead atoms. The number of rotatable bonds is 2. The summed E-state index contributed by atoms with van der Waals surface area (Å²) in [5, 5.41) is 0. The average Bonchev–Trinajstić information content (AvgIpc) is 2.03. The maximum Gasteiger partial charge on any atom is 0.0647 e. The van der Waals surface area contributed by atoms with Crippen molar-refractivity contribution in [3.05, 3.63) is 28.0 Å². The zero-order valence-electron chi connectivity index (χ0n) is 5.65. The first-order chi connectivity index (χ1) is 5.26. The monoisotopic (exact) mass is 253 g/mol. The average molecular weight is 255 g/mol. The molecule has 11 heavy (non-hydrogen) atoms. The van der Waals surface area contributed by atoms with Crippen molar-refractivity contribution in [1.29, 1.82) is 0 Å². The summed E-state index contributed by atoms with van der Waals surface area (Å²) in [7, 11) is 0. The number of nitrogens with zero attached hydrogens (tertiary/aromatic N) is 1.